The molecule has 0 radical (unpaired) electrons. The van der Waals surface area contributed by atoms with Crippen LogP contribution in [0.25, 0.3) is 6.08 Å². The Kier molecular flexibility index (Phi) is 3.23. The number of likely N-dealkylation sites (N-methyl/N-ethyl adjacent to an activating group) is 2. The van der Waals surface area contributed by atoms with Crippen molar-refractivity contribution in [1.29, 1.82) is 0 Å². The van der Waals surface area contributed by atoms with Crippen LogP contribution in [-0.2, 0) is 6.42 Å². The van der Waals surface area contributed by atoms with Gasteiger partial charge in [0, 0.05) is 18.8 Å². The first kappa shape index (κ1) is 13.1. The van der Waals surface area contributed by atoms with Crippen LogP contribution in [0, 0.1) is 0 Å². The zero-order chi connectivity index (χ0) is 14.3. The van der Waals surface area contributed by atoms with E-state index >= 15 is 0 Å². The fraction of sp³-hybridized carbons (Fsp3) is 0.400. The number of benzene rings is 1. The number of fused-ring (bicyclic) bond motifs is 1. The SMILES string of the molecule is CN1CCN(C)C1C1=Cc2cc(NC(=O)O)ccc2C1. The van der Waals surface area contributed by atoms with Crippen molar-refractivity contribution in [3.63, 3.8) is 0 Å². The Balaban J connectivity index is 1.85. The first-order valence-electron chi connectivity index (χ1n) is 6.78. The number of nitrogens with one attached hydrogen (secondary N) is 1. The molecule has 3 rings (SSSR count). The Bertz CT molecular complexity index is 572. The average molecular weight is 273 g/mol. The fourth-order valence-corrected chi connectivity index (χ4v) is 3.19. The van der Waals surface area contributed by atoms with Gasteiger partial charge in [-0.05, 0) is 49.3 Å². The van der Waals surface area contributed by atoms with Gasteiger partial charge in [0.15, 0.2) is 0 Å². The smallest absolute Gasteiger partial charge is 0.409 e. The number of hydrogen-bond acceptors (Lipinski definition) is 3. The maximum absolute atomic E-state index is 10.7. The summed E-state index contributed by atoms with van der Waals surface area (Å²) in [5.74, 6) is 0. The molecule has 0 aromatic heterocycles. The van der Waals surface area contributed by atoms with E-state index in [1.807, 2.05) is 18.2 Å². The van der Waals surface area contributed by atoms with Gasteiger partial charge in [0.2, 0.25) is 0 Å². The van der Waals surface area contributed by atoms with Crippen LogP contribution in [0.1, 0.15) is 11.1 Å². The highest BCUT2D eigenvalue weighted by atomic mass is 16.4. The molecule has 1 aliphatic heterocycles. The Morgan fingerprint density at radius 3 is 2.65 bits per heavy atom. The van der Waals surface area contributed by atoms with Crippen molar-refractivity contribution in [2.75, 3.05) is 32.5 Å². The van der Waals surface area contributed by atoms with Gasteiger partial charge >= 0.3 is 6.09 Å². The topological polar surface area (TPSA) is 55.8 Å². The summed E-state index contributed by atoms with van der Waals surface area (Å²) in [6.07, 6.45) is 2.48. The van der Waals surface area contributed by atoms with Gasteiger partial charge in [0.1, 0.15) is 0 Å². The fourth-order valence-electron chi connectivity index (χ4n) is 3.19. The third kappa shape index (κ3) is 2.30. The number of carboxylic acid groups (broad SMARTS) is 1. The van der Waals surface area contributed by atoms with Gasteiger partial charge in [-0.1, -0.05) is 12.1 Å². The van der Waals surface area contributed by atoms with Crippen LogP contribution in [0.5, 0.6) is 0 Å². The minimum atomic E-state index is -1.03. The maximum Gasteiger partial charge on any atom is 0.409 e. The molecule has 5 heteroatoms. The van der Waals surface area contributed by atoms with E-state index in [1.54, 1.807) is 0 Å². The minimum Gasteiger partial charge on any atom is -0.465 e. The monoisotopic (exact) mass is 273 g/mol. The van der Waals surface area contributed by atoms with E-state index in [-0.39, 0.29) is 0 Å². The predicted molar refractivity (Wildman–Crippen MR) is 78.8 cm³/mol. The third-order valence-electron chi connectivity index (χ3n) is 4.10. The molecular formula is C15H19N3O2. The lowest BCUT2D eigenvalue weighted by Crippen LogP contribution is -2.36. The van der Waals surface area contributed by atoms with Crippen molar-refractivity contribution in [2.24, 2.45) is 0 Å². The molecule has 1 aliphatic carbocycles. The van der Waals surface area contributed by atoms with Crippen molar-refractivity contribution in [3.05, 3.63) is 34.9 Å². The molecule has 106 valence electrons. The lowest BCUT2D eigenvalue weighted by molar-refractivity contribution is 0.210. The highest BCUT2D eigenvalue weighted by Gasteiger charge is 2.31. The summed E-state index contributed by atoms with van der Waals surface area (Å²) in [6, 6.07) is 5.75. The summed E-state index contributed by atoms with van der Waals surface area (Å²) in [7, 11) is 4.30. The molecule has 1 aromatic carbocycles. The molecule has 5 nitrogen and oxygen atoms in total. The van der Waals surface area contributed by atoms with Crippen LogP contribution in [-0.4, -0.2) is 54.4 Å². The van der Waals surface area contributed by atoms with Crippen molar-refractivity contribution in [2.45, 2.75) is 12.6 Å². The molecule has 0 atom stereocenters. The predicted octanol–water partition coefficient (Wildman–Crippen LogP) is 1.92. The third-order valence-corrected chi connectivity index (χ3v) is 4.10. The second-order valence-electron chi connectivity index (χ2n) is 5.57. The summed E-state index contributed by atoms with van der Waals surface area (Å²) < 4.78 is 0. The van der Waals surface area contributed by atoms with E-state index in [1.165, 1.54) is 11.1 Å². The standard InChI is InChI=1S/C15H19N3O2/c1-17-5-6-18(2)14(17)12-7-10-3-4-13(16-15(19)20)9-11(10)8-12/h3-4,8-9,14,16H,5-7H2,1-2H3,(H,19,20). The van der Waals surface area contributed by atoms with Crippen LogP contribution in [0.4, 0.5) is 10.5 Å². The summed E-state index contributed by atoms with van der Waals surface area (Å²) in [6.45, 7) is 2.17. The van der Waals surface area contributed by atoms with E-state index < -0.39 is 6.09 Å². The van der Waals surface area contributed by atoms with Crippen molar-refractivity contribution in [3.8, 4) is 0 Å². The molecule has 0 bridgehead atoms. The summed E-state index contributed by atoms with van der Waals surface area (Å²) in [5, 5.41) is 11.2. The van der Waals surface area contributed by atoms with E-state index in [9.17, 15) is 4.79 Å². The lowest BCUT2D eigenvalue weighted by atomic mass is 10.1. The Morgan fingerprint density at radius 2 is 2.00 bits per heavy atom. The molecular weight excluding hydrogens is 254 g/mol. The Labute approximate surface area is 118 Å². The molecule has 1 aromatic rings. The first-order chi connectivity index (χ1) is 9.54. The van der Waals surface area contributed by atoms with E-state index in [0.717, 1.165) is 25.1 Å². The van der Waals surface area contributed by atoms with Gasteiger partial charge in [-0.25, -0.2) is 4.79 Å². The van der Waals surface area contributed by atoms with Gasteiger partial charge in [0.25, 0.3) is 0 Å². The molecule has 1 heterocycles. The van der Waals surface area contributed by atoms with Crippen molar-refractivity contribution >= 4 is 17.9 Å². The zero-order valence-corrected chi connectivity index (χ0v) is 11.8. The zero-order valence-electron chi connectivity index (χ0n) is 11.8. The number of carbonyl (C=O) groups is 1. The average Bonchev–Trinajstić information content (AvgIpc) is 2.91. The van der Waals surface area contributed by atoms with Crippen LogP contribution in [0.15, 0.2) is 23.8 Å². The van der Waals surface area contributed by atoms with E-state index in [0.29, 0.717) is 11.9 Å². The van der Waals surface area contributed by atoms with Gasteiger partial charge in [-0.3, -0.25) is 15.1 Å². The largest absolute Gasteiger partial charge is 0.465 e. The van der Waals surface area contributed by atoms with Crippen molar-refractivity contribution < 1.29 is 9.90 Å². The molecule has 1 fully saturated rings. The van der Waals surface area contributed by atoms with Crippen LogP contribution in [0.2, 0.25) is 0 Å². The molecule has 1 amide bonds. The molecule has 1 saturated heterocycles. The van der Waals surface area contributed by atoms with Crippen LogP contribution in [0.3, 0.4) is 0 Å². The summed E-state index contributed by atoms with van der Waals surface area (Å²) >= 11 is 0. The van der Waals surface area contributed by atoms with Crippen LogP contribution >= 0.6 is 0 Å². The minimum absolute atomic E-state index is 0.360. The van der Waals surface area contributed by atoms with Gasteiger partial charge in [-0.2, -0.15) is 0 Å². The number of hydrogen-bond donors (Lipinski definition) is 2. The number of rotatable bonds is 2. The highest BCUT2D eigenvalue weighted by molar-refractivity contribution is 5.84. The van der Waals surface area contributed by atoms with E-state index in [4.69, 9.17) is 5.11 Å². The number of amides is 1. The first-order valence-corrected chi connectivity index (χ1v) is 6.78. The van der Waals surface area contributed by atoms with Gasteiger partial charge in [-0.15, -0.1) is 0 Å². The second kappa shape index (κ2) is 4.92. The van der Waals surface area contributed by atoms with Crippen LogP contribution < -0.4 is 5.32 Å². The maximum atomic E-state index is 10.7. The Morgan fingerprint density at radius 1 is 1.30 bits per heavy atom. The number of anilines is 1. The second-order valence-corrected chi connectivity index (χ2v) is 5.57. The normalized spacial score (nSPS) is 20.0. The van der Waals surface area contributed by atoms with Crippen molar-refractivity contribution in [1.82, 2.24) is 9.80 Å². The van der Waals surface area contributed by atoms with E-state index in [2.05, 4.69) is 35.3 Å². The number of nitrogens with zero attached hydrogens (tertiary/aromatic N) is 2. The molecule has 0 saturated carbocycles. The lowest BCUT2D eigenvalue weighted by Gasteiger charge is -2.26. The molecule has 20 heavy (non-hydrogen) atoms. The summed E-state index contributed by atoms with van der Waals surface area (Å²) in [4.78, 5) is 15.4. The quantitative estimate of drug-likeness (QED) is 0.864. The summed E-state index contributed by atoms with van der Waals surface area (Å²) in [5.41, 5.74) is 4.40. The molecule has 2 N–H and O–H groups in total. The molecule has 2 aliphatic rings. The molecule has 0 unspecified atom stereocenters. The molecule has 0 spiro atoms. The van der Waals surface area contributed by atoms with Gasteiger partial charge < -0.3 is 5.11 Å². The Hall–Kier alpha value is -1.85. The van der Waals surface area contributed by atoms with Gasteiger partial charge in [0.05, 0.1) is 6.17 Å². The highest BCUT2D eigenvalue weighted by Crippen LogP contribution is 2.32.